The topological polar surface area (TPSA) is 76.7 Å². The number of halogens is 2. The Morgan fingerprint density at radius 1 is 1.42 bits per heavy atom. The normalized spacial score (nSPS) is 17.2. The predicted octanol–water partition coefficient (Wildman–Crippen LogP) is 3.31. The molecule has 0 aliphatic carbocycles. The molecule has 2 amide bonds. The lowest BCUT2D eigenvalue weighted by molar-refractivity contribution is -0.139. The second-order valence-electron chi connectivity index (χ2n) is 5.26. The highest BCUT2D eigenvalue weighted by Gasteiger charge is 2.30. The van der Waals surface area contributed by atoms with Crippen molar-refractivity contribution in [3.63, 3.8) is 0 Å². The van der Waals surface area contributed by atoms with Gasteiger partial charge in [0.15, 0.2) is 0 Å². The van der Waals surface area contributed by atoms with Crippen LogP contribution in [0.4, 0.5) is 4.79 Å². The minimum atomic E-state index is -0.491. The fourth-order valence-corrected chi connectivity index (χ4v) is 3.43. The molecule has 0 saturated carbocycles. The first-order valence-electron chi connectivity index (χ1n) is 7.39. The third-order valence-electron chi connectivity index (χ3n) is 3.42. The average molecular weight is 418 g/mol. The van der Waals surface area contributed by atoms with Gasteiger partial charge in [0.2, 0.25) is 0 Å². The zero-order valence-corrected chi connectivity index (χ0v) is 15.9. The van der Waals surface area contributed by atoms with Gasteiger partial charge in [0, 0.05) is 4.47 Å². The van der Waals surface area contributed by atoms with E-state index in [-0.39, 0.29) is 13.2 Å². The number of hydrogen-bond donors (Lipinski definition) is 2. The molecule has 0 fully saturated rings. The summed E-state index contributed by atoms with van der Waals surface area (Å²) in [6, 6.07) is 2.71. The average Bonchev–Trinajstić information content (AvgIpc) is 2.45. The number of nitrogens with one attached hydrogen (secondary N) is 2. The van der Waals surface area contributed by atoms with E-state index in [9.17, 15) is 9.59 Å². The fourth-order valence-electron chi connectivity index (χ4n) is 2.41. The number of carbonyl (C=O) groups is 2. The van der Waals surface area contributed by atoms with Crippen LogP contribution in [-0.2, 0) is 9.53 Å². The van der Waals surface area contributed by atoms with Crippen LogP contribution in [0.25, 0.3) is 0 Å². The highest BCUT2D eigenvalue weighted by molar-refractivity contribution is 9.10. The molecule has 0 aromatic heterocycles. The summed E-state index contributed by atoms with van der Waals surface area (Å²) in [5, 5.41) is 5.68. The number of hydrogen-bond acceptors (Lipinski definition) is 4. The van der Waals surface area contributed by atoms with Gasteiger partial charge in [-0.15, -0.1) is 0 Å². The van der Waals surface area contributed by atoms with Crippen molar-refractivity contribution in [3.8, 4) is 5.75 Å². The van der Waals surface area contributed by atoms with Crippen molar-refractivity contribution in [2.24, 2.45) is 0 Å². The highest BCUT2D eigenvalue weighted by Crippen LogP contribution is 2.32. The van der Waals surface area contributed by atoms with Crippen LogP contribution < -0.4 is 15.4 Å². The van der Waals surface area contributed by atoms with Crippen LogP contribution in [0.15, 0.2) is 27.9 Å². The molecular formula is C16H18BrClN2O4. The van der Waals surface area contributed by atoms with Crippen LogP contribution in [0.5, 0.6) is 5.75 Å². The maximum Gasteiger partial charge on any atom is 0.338 e. The number of esters is 1. The second kappa shape index (κ2) is 7.90. The number of ether oxygens (including phenoxy) is 2. The van der Waals surface area contributed by atoms with Crippen LogP contribution in [0.1, 0.15) is 19.4 Å². The quantitative estimate of drug-likeness (QED) is 0.721. The van der Waals surface area contributed by atoms with Gasteiger partial charge in [0.1, 0.15) is 12.4 Å². The van der Waals surface area contributed by atoms with E-state index in [1.54, 1.807) is 19.9 Å². The minimum Gasteiger partial charge on any atom is -0.486 e. The SMILES string of the molecule is CCOC(=O)C1=C(COc2c(C)cc(Br)cc2Cl)NC(=O)N[C@@H]1C. The first-order valence-corrected chi connectivity index (χ1v) is 8.56. The Balaban J connectivity index is 2.28. The van der Waals surface area contributed by atoms with E-state index in [0.717, 1.165) is 10.0 Å². The van der Waals surface area contributed by atoms with Gasteiger partial charge in [-0.25, -0.2) is 9.59 Å². The van der Waals surface area contributed by atoms with Crippen LogP contribution >= 0.6 is 27.5 Å². The van der Waals surface area contributed by atoms with Crippen molar-refractivity contribution in [3.05, 3.63) is 38.5 Å². The van der Waals surface area contributed by atoms with E-state index in [1.807, 2.05) is 13.0 Å². The lowest BCUT2D eigenvalue weighted by Gasteiger charge is -2.26. The summed E-state index contributed by atoms with van der Waals surface area (Å²) in [6.07, 6.45) is 0. The maximum atomic E-state index is 12.2. The second-order valence-corrected chi connectivity index (χ2v) is 6.58. The van der Waals surface area contributed by atoms with Crippen molar-refractivity contribution in [2.45, 2.75) is 26.8 Å². The third-order valence-corrected chi connectivity index (χ3v) is 4.16. The Hall–Kier alpha value is -1.73. The smallest absolute Gasteiger partial charge is 0.338 e. The molecule has 0 unspecified atom stereocenters. The highest BCUT2D eigenvalue weighted by atomic mass is 79.9. The van der Waals surface area contributed by atoms with Gasteiger partial charge in [-0.05, 0) is 38.5 Å². The molecule has 0 radical (unpaired) electrons. The summed E-state index contributed by atoms with van der Waals surface area (Å²) in [6.45, 7) is 5.53. The zero-order valence-electron chi connectivity index (χ0n) is 13.5. The van der Waals surface area contributed by atoms with Gasteiger partial charge in [-0.2, -0.15) is 0 Å². The predicted molar refractivity (Wildman–Crippen MR) is 94.2 cm³/mol. The summed E-state index contributed by atoms with van der Waals surface area (Å²) >= 11 is 9.56. The number of benzene rings is 1. The minimum absolute atomic E-state index is 0.00585. The number of rotatable bonds is 5. The molecule has 0 saturated heterocycles. The molecule has 24 heavy (non-hydrogen) atoms. The van der Waals surface area contributed by atoms with Crippen LogP contribution in [0.3, 0.4) is 0 Å². The van der Waals surface area contributed by atoms with Crippen molar-refractivity contribution in [2.75, 3.05) is 13.2 Å². The van der Waals surface area contributed by atoms with E-state index in [4.69, 9.17) is 21.1 Å². The molecule has 1 aromatic rings. The molecule has 6 nitrogen and oxygen atoms in total. The Bertz CT molecular complexity index is 682. The number of amides is 2. The largest absolute Gasteiger partial charge is 0.486 e. The van der Waals surface area contributed by atoms with Crippen LogP contribution in [0, 0.1) is 6.92 Å². The van der Waals surface area contributed by atoms with Crippen molar-refractivity contribution in [1.29, 1.82) is 0 Å². The molecule has 1 aliphatic heterocycles. The van der Waals surface area contributed by atoms with Gasteiger partial charge in [-0.1, -0.05) is 27.5 Å². The van der Waals surface area contributed by atoms with E-state index < -0.39 is 18.0 Å². The Kier molecular flexibility index (Phi) is 6.12. The van der Waals surface area contributed by atoms with Gasteiger partial charge in [-0.3, -0.25) is 0 Å². The van der Waals surface area contributed by atoms with Gasteiger partial charge >= 0.3 is 12.0 Å². The summed E-state index contributed by atoms with van der Waals surface area (Å²) in [7, 11) is 0. The molecule has 2 N–H and O–H groups in total. The Morgan fingerprint density at radius 2 is 2.12 bits per heavy atom. The van der Waals surface area contributed by atoms with Crippen molar-refractivity contribution < 1.29 is 19.1 Å². The fraction of sp³-hybridized carbons (Fsp3) is 0.375. The molecule has 1 aliphatic rings. The number of aryl methyl sites for hydroxylation is 1. The molecule has 1 heterocycles. The van der Waals surface area contributed by atoms with E-state index in [1.165, 1.54) is 0 Å². The molecule has 1 aromatic carbocycles. The van der Waals surface area contributed by atoms with E-state index in [0.29, 0.717) is 22.0 Å². The molecule has 1 atom stereocenters. The standard InChI is InChI=1S/C16H18BrClN2O4/c1-4-23-15(21)13-9(3)19-16(22)20-12(13)7-24-14-8(2)5-10(17)6-11(14)18/h5-6,9H,4,7H2,1-3H3,(H2,19,20,22)/t9-/m1/s1. The van der Waals surface area contributed by atoms with Crippen molar-refractivity contribution >= 4 is 39.5 Å². The summed E-state index contributed by atoms with van der Waals surface area (Å²) in [5.41, 5.74) is 1.53. The molecule has 2 rings (SSSR count). The Labute approximate surface area is 153 Å². The molecule has 0 spiro atoms. The third kappa shape index (κ3) is 4.21. The first-order chi connectivity index (χ1) is 11.3. The maximum absolute atomic E-state index is 12.2. The lowest BCUT2D eigenvalue weighted by Crippen LogP contribution is -2.50. The van der Waals surface area contributed by atoms with Crippen LogP contribution in [-0.4, -0.2) is 31.3 Å². The summed E-state index contributed by atoms with van der Waals surface area (Å²) in [4.78, 5) is 23.9. The summed E-state index contributed by atoms with van der Waals surface area (Å²) in [5.74, 6) is 0.00531. The van der Waals surface area contributed by atoms with Gasteiger partial charge in [0.05, 0.1) is 28.9 Å². The van der Waals surface area contributed by atoms with Crippen LogP contribution in [0.2, 0.25) is 5.02 Å². The number of urea groups is 1. The van der Waals surface area contributed by atoms with Gasteiger partial charge in [0.25, 0.3) is 0 Å². The number of carbonyl (C=O) groups excluding carboxylic acids is 2. The first kappa shape index (κ1) is 18.6. The molecular weight excluding hydrogens is 400 g/mol. The monoisotopic (exact) mass is 416 g/mol. The van der Waals surface area contributed by atoms with Crippen molar-refractivity contribution in [1.82, 2.24) is 10.6 Å². The zero-order chi connectivity index (χ0) is 17.9. The molecule has 130 valence electrons. The van der Waals surface area contributed by atoms with E-state index in [2.05, 4.69) is 26.6 Å². The lowest BCUT2D eigenvalue weighted by atomic mass is 10.0. The molecule has 8 heteroatoms. The molecule has 0 bridgehead atoms. The van der Waals surface area contributed by atoms with Gasteiger partial charge < -0.3 is 20.1 Å². The Morgan fingerprint density at radius 3 is 2.75 bits per heavy atom. The summed E-state index contributed by atoms with van der Waals surface area (Å²) < 4.78 is 11.7. The van der Waals surface area contributed by atoms with E-state index >= 15 is 0 Å².